The molecule has 4 aromatic carbocycles. The van der Waals surface area contributed by atoms with E-state index in [1.54, 1.807) is 0 Å². The summed E-state index contributed by atoms with van der Waals surface area (Å²) in [6.45, 7) is 12.2. The lowest BCUT2D eigenvalue weighted by atomic mass is 9.82. The van der Waals surface area contributed by atoms with Gasteiger partial charge >= 0.3 is 0 Å². The second-order valence-electron chi connectivity index (χ2n) is 14.5. The van der Waals surface area contributed by atoms with Crippen LogP contribution in [0.5, 0.6) is 11.5 Å². The Kier molecular flexibility index (Phi) is 14.4. The third kappa shape index (κ3) is 10.6. The molecule has 0 heterocycles. The van der Waals surface area contributed by atoms with Crippen LogP contribution in [0.3, 0.4) is 0 Å². The average Bonchev–Trinajstić information content (AvgIpc) is 3.15. The Labute approximate surface area is 309 Å². The molecule has 0 amide bonds. The zero-order valence-corrected chi connectivity index (χ0v) is 32.1. The smallest absolute Gasteiger partial charge is 0.119 e. The first-order chi connectivity index (χ1) is 24.9. The quantitative estimate of drug-likeness (QED) is 0.106. The summed E-state index contributed by atoms with van der Waals surface area (Å²) in [6.07, 6.45) is 18.5. The maximum Gasteiger partial charge on any atom is 0.119 e. The van der Waals surface area contributed by atoms with E-state index in [9.17, 15) is 0 Å². The fourth-order valence-corrected chi connectivity index (χ4v) is 7.14. The summed E-state index contributed by atoms with van der Waals surface area (Å²) in [5.74, 6) is 2.81. The van der Waals surface area contributed by atoms with Crippen LogP contribution in [0.25, 0.3) is 28.0 Å². The molecule has 0 radical (unpaired) electrons. The van der Waals surface area contributed by atoms with Crippen molar-refractivity contribution in [1.29, 1.82) is 0 Å². The van der Waals surface area contributed by atoms with Gasteiger partial charge in [-0.2, -0.15) is 0 Å². The van der Waals surface area contributed by atoms with Crippen LogP contribution in [-0.2, 0) is 6.42 Å². The van der Waals surface area contributed by atoms with Crippen LogP contribution in [0.4, 0.5) is 0 Å². The summed E-state index contributed by atoms with van der Waals surface area (Å²) in [5.41, 5.74) is 11.3. The van der Waals surface area contributed by atoms with Crippen LogP contribution in [0.1, 0.15) is 121 Å². The van der Waals surface area contributed by atoms with Crippen LogP contribution >= 0.6 is 0 Å². The van der Waals surface area contributed by atoms with Gasteiger partial charge in [0.15, 0.2) is 0 Å². The number of hydrogen-bond donors (Lipinski definition) is 1. The summed E-state index contributed by atoms with van der Waals surface area (Å²) in [7, 11) is 2.02. The van der Waals surface area contributed by atoms with E-state index in [-0.39, 0.29) is 6.10 Å². The van der Waals surface area contributed by atoms with E-state index in [2.05, 4.69) is 143 Å². The van der Waals surface area contributed by atoms with Gasteiger partial charge in [-0.25, -0.2) is 0 Å². The van der Waals surface area contributed by atoms with Crippen LogP contribution in [0, 0.1) is 5.92 Å². The van der Waals surface area contributed by atoms with Gasteiger partial charge in [0.2, 0.25) is 0 Å². The number of allylic oxidation sites excluding steroid dienone is 3. The fourth-order valence-electron chi connectivity index (χ4n) is 7.14. The molecule has 4 aromatic rings. The lowest BCUT2D eigenvalue weighted by Gasteiger charge is -2.24. The van der Waals surface area contributed by atoms with Crippen molar-refractivity contribution in [3.8, 4) is 33.8 Å². The highest BCUT2D eigenvalue weighted by atomic mass is 16.5. The van der Waals surface area contributed by atoms with Gasteiger partial charge in [-0.05, 0) is 125 Å². The summed E-state index contributed by atoms with van der Waals surface area (Å²) in [5, 5.41) is 3.46. The number of benzene rings is 4. The van der Waals surface area contributed by atoms with Gasteiger partial charge < -0.3 is 14.8 Å². The number of rotatable bonds is 18. The topological polar surface area (TPSA) is 30.5 Å². The molecule has 1 aliphatic carbocycles. The molecule has 0 bridgehead atoms. The first kappa shape index (κ1) is 38.0. The minimum Gasteiger partial charge on any atom is -0.494 e. The summed E-state index contributed by atoms with van der Waals surface area (Å²) in [4.78, 5) is 0. The molecule has 0 saturated heterocycles. The highest BCUT2D eigenvalue weighted by Crippen LogP contribution is 2.35. The largest absolute Gasteiger partial charge is 0.494 e. The molecule has 5 rings (SSSR count). The second kappa shape index (κ2) is 19.4. The minimum absolute atomic E-state index is 0.270. The van der Waals surface area contributed by atoms with E-state index in [4.69, 9.17) is 9.47 Å². The SMILES string of the molecule is CCCCCCOc1ccc(-c2cc(Cc3ccc4c(c3)/C(NC)=C/C=C\C(C)C4C)cc(-c3ccc(OC(CC)CCCCC)cc3)c2)cc1. The molecule has 0 aromatic heterocycles. The molecule has 0 fully saturated rings. The first-order valence-corrected chi connectivity index (χ1v) is 19.8. The number of ether oxygens (including phenoxy) is 2. The molecule has 0 saturated carbocycles. The summed E-state index contributed by atoms with van der Waals surface area (Å²) in [6, 6.07) is 31.5. The molecule has 0 spiro atoms. The monoisotopic (exact) mass is 683 g/mol. The Morgan fingerprint density at radius 3 is 1.98 bits per heavy atom. The van der Waals surface area contributed by atoms with Crippen molar-refractivity contribution < 1.29 is 9.47 Å². The van der Waals surface area contributed by atoms with Crippen LogP contribution in [0.2, 0.25) is 0 Å². The summed E-state index contributed by atoms with van der Waals surface area (Å²) >= 11 is 0. The molecule has 1 N–H and O–H groups in total. The minimum atomic E-state index is 0.270. The maximum absolute atomic E-state index is 6.42. The van der Waals surface area contributed by atoms with Gasteiger partial charge in [0, 0.05) is 18.3 Å². The lowest BCUT2D eigenvalue weighted by molar-refractivity contribution is 0.183. The number of fused-ring (bicyclic) bond motifs is 1. The van der Waals surface area contributed by atoms with Crippen molar-refractivity contribution >= 4 is 5.70 Å². The van der Waals surface area contributed by atoms with Crippen molar-refractivity contribution in [3.63, 3.8) is 0 Å². The van der Waals surface area contributed by atoms with Gasteiger partial charge in [-0.3, -0.25) is 0 Å². The van der Waals surface area contributed by atoms with Gasteiger partial charge in [-0.1, -0.05) is 127 Å². The standard InChI is InChI=1S/C48H61NO2/c1-7-10-12-14-29-50-44-24-20-39(21-25-44)41-31-38(30-37-19-28-46-36(5)35(4)16-15-18-48(49-6)47(46)33-37)32-42(34-41)40-22-26-45(27-23-40)51-43(9-3)17-13-11-8-2/h15-16,18-28,31-36,43,49H,7-14,17,29-30H2,1-6H3/b16-15-,48-18-. The van der Waals surface area contributed by atoms with Crippen molar-refractivity contribution in [2.75, 3.05) is 13.7 Å². The Morgan fingerprint density at radius 1 is 0.667 bits per heavy atom. The third-order valence-electron chi connectivity index (χ3n) is 10.6. The first-order valence-electron chi connectivity index (χ1n) is 19.8. The van der Waals surface area contributed by atoms with Crippen LogP contribution in [-0.4, -0.2) is 19.8 Å². The molecule has 51 heavy (non-hydrogen) atoms. The molecule has 3 atom stereocenters. The Hall–Kier alpha value is -4.24. The molecule has 270 valence electrons. The number of nitrogens with one attached hydrogen (secondary N) is 1. The molecule has 3 nitrogen and oxygen atoms in total. The van der Waals surface area contributed by atoms with Crippen LogP contribution < -0.4 is 14.8 Å². The lowest BCUT2D eigenvalue weighted by Crippen LogP contribution is -2.15. The third-order valence-corrected chi connectivity index (χ3v) is 10.6. The van der Waals surface area contributed by atoms with Crippen molar-refractivity contribution in [1.82, 2.24) is 5.32 Å². The molecule has 1 aliphatic rings. The predicted octanol–water partition coefficient (Wildman–Crippen LogP) is 13.2. The van der Waals surface area contributed by atoms with E-state index in [0.717, 1.165) is 43.8 Å². The van der Waals surface area contributed by atoms with Gasteiger partial charge in [0.05, 0.1) is 12.7 Å². The van der Waals surface area contributed by atoms with E-state index in [0.29, 0.717) is 11.8 Å². The van der Waals surface area contributed by atoms with Gasteiger partial charge in [0.25, 0.3) is 0 Å². The molecule has 3 heteroatoms. The van der Waals surface area contributed by atoms with E-state index in [1.807, 2.05) is 7.05 Å². The highest BCUT2D eigenvalue weighted by Gasteiger charge is 2.20. The average molecular weight is 684 g/mol. The van der Waals surface area contributed by atoms with E-state index < -0.39 is 0 Å². The second-order valence-corrected chi connectivity index (χ2v) is 14.5. The zero-order chi connectivity index (χ0) is 36.0. The maximum atomic E-state index is 6.42. The Morgan fingerprint density at radius 2 is 1.33 bits per heavy atom. The van der Waals surface area contributed by atoms with Crippen LogP contribution in [0.15, 0.2) is 103 Å². The van der Waals surface area contributed by atoms with Gasteiger partial charge in [0.1, 0.15) is 11.5 Å². The Bertz CT molecular complexity index is 1720. The van der Waals surface area contributed by atoms with E-state index in [1.165, 1.54) is 88.7 Å². The van der Waals surface area contributed by atoms with E-state index >= 15 is 0 Å². The molecule has 0 aliphatic heterocycles. The van der Waals surface area contributed by atoms with Crippen molar-refractivity contribution in [2.45, 2.75) is 111 Å². The fraction of sp³-hybridized carbons (Fsp3) is 0.417. The number of unbranched alkanes of at least 4 members (excludes halogenated alkanes) is 5. The molecular formula is C48H61NO2. The van der Waals surface area contributed by atoms with Crippen molar-refractivity contribution in [3.05, 3.63) is 125 Å². The highest BCUT2D eigenvalue weighted by molar-refractivity contribution is 5.75. The number of hydrogen-bond acceptors (Lipinski definition) is 3. The normalized spacial score (nSPS) is 17.7. The van der Waals surface area contributed by atoms with Gasteiger partial charge in [-0.15, -0.1) is 0 Å². The summed E-state index contributed by atoms with van der Waals surface area (Å²) < 4.78 is 12.5. The molecular weight excluding hydrogens is 623 g/mol. The zero-order valence-electron chi connectivity index (χ0n) is 32.1. The predicted molar refractivity (Wildman–Crippen MR) is 219 cm³/mol. The van der Waals surface area contributed by atoms with Crippen molar-refractivity contribution in [2.24, 2.45) is 5.92 Å². The Balaban J connectivity index is 1.44. The molecule has 3 unspecified atom stereocenters.